The molecule has 0 N–H and O–H groups in total. The topological polar surface area (TPSA) is 0 Å². The Morgan fingerprint density at radius 3 is 2.00 bits per heavy atom. The average Bonchev–Trinajstić information content (AvgIpc) is 3.37. The molecule has 6 rings (SSSR count). The molecule has 0 saturated heterocycles. The highest BCUT2D eigenvalue weighted by molar-refractivity contribution is 5.61. The van der Waals surface area contributed by atoms with E-state index in [9.17, 15) is 17.6 Å². The first-order chi connectivity index (χ1) is 12.6. The lowest BCUT2D eigenvalue weighted by atomic mass is 9.61. The van der Waals surface area contributed by atoms with Crippen molar-refractivity contribution in [1.82, 2.24) is 0 Å². The van der Waals surface area contributed by atoms with E-state index in [-0.39, 0.29) is 17.0 Å². The molecule has 0 heterocycles. The summed E-state index contributed by atoms with van der Waals surface area (Å²) in [5.41, 5.74) is 2.71. The number of benzene rings is 1. The second-order valence-electron chi connectivity index (χ2n) is 6.98. The first-order valence-electron chi connectivity index (χ1n) is 8.58. The lowest BCUT2D eigenvalue weighted by Gasteiger charge is -2.42. The first kappa shape index (κ1) is 15.6. The minimum Gasteiger partial charge on any atom is -0.203 e. The van der Waals surface area contributed by atoms with Gasteiger partial charge in [0.2, 0.25) is 0 Å². The third-order valence-electron chi connectivity index (χ3n) is 5.73. The molecule has 0 radical (unpaired) electrons. The van der Waals surface area contributed by atoms with Crippen LogP contribution in [0.1, 0.15) is 29.4 Å². The Labute approximate surface area is 148 Å². The zero-order valence-electron chi connectivity index (χ0n) is 13.6. The van der Waals surface area contributed by atoms with Crippen LogP contribution in [-0.4, -0.2) is 0 Å². The van der Waals surface area contributed by atoms with Crippen LogP contribution in [0.25, 0.3) is 0 Å². The molecule has 0 aliphatic heterocycles. The van der Waals surface area contributed by atoms with E-state index >= 15 is 0 Å². The number of allylic oxidation sites excluding steroid dienone is 12. The molecule has 130 valence electrons. The normalized spacial score (nSPS) is 25.6. The summed E-state index contributed by atoms with van der Waals surface area (Å²) in [7, 11) is 0. The van der Waals surface area contributed by atoms with E-state index in [1.165, 1.54) is 0 Å². The molecule has 2 atom stereocenters. The number of hydrogen-bond donors (Lipinski definition) is 0. The minimum absolute atomic E-state index is 0.0205. The Morgan fingerprint density at radius 1 is 0.731 bits per heavy atom. The van der Waals surface area contributed by atoms with Gasteiger partial charge in [-0.25, -0.2) is 17.6 Å². The fourth-order valence-electron chi connectivity index (χ4n) is 4.59. The molecule has 5 aliphatic carbocycles. The van der Waals surface area contributed by atoms with Crippen molar-refractivity contribution in [1.29, 1.82) is 0 Å². The van der Waals surface area contributed by atoms with Crippen LogP contribution >= 0.6 is 0 Å². The molecule has 0 saturated carbocycles. The Morgan fingerprint density at radius 2 is 1.35 bits per heavy atom. The molecule has 0 fully saturated rings. The van der Waals surface area contributed by atoms with E-state index in [2.05, 4.69) is 0 Å². The van der Waals surface area contributed by atoms with Crippen molar-refractivity contribution in [2.45, 2.75) is 18.3 Å². The Kier molecular flexibility index (Phi) is 3.27. The maximum atomic E-state index is 14.7. The van der Waals surface area contributed by atoms with Crippen LogP contribution in [0.2, 0.25) is 0 Å². The summed E-state index contributed by atoms with van der Waals surface area (Å²) in [6, 6.07) is 0. The molecule has 0 spiro atoms. The van der Waals surface area contributed by atoms with Gasteiger partial charge in [0, 0.05) is 28.9 Å². The highest BCUT2D eigenvalue weighted by Crippen LogP contribution is 2.56. The van der Waals surface area contributed by atoms with E-state index in [4.69, 9.17) is 0 Å². The molecule has 26 heavy (non-hydrogen) atoms. The van der Waals surface area contributed by atoms with Crippen LogP contribution < -0.4 is 0 Å². The molecule has 0 amide bonds. The third-order valence-corrected chi connectivity index (χ3v) is 5.73. The summed E-state index contributed by atoms with van der Waals surface area (Å²) in [6.45, 7) is 0. The van der Waals surface area contributed by atoms with E-state index in [1.54, 1.807) is 0 Å². The van der Waals surface area contributed by atoms with E-state index in [0.29, 0.717) is 6.42 Å². The van der Waals surface area contributed by atoms with Crippen molar-refractivity contribution in [3.63, 3.8) is 0 Å². The van der Waals surface area contributed by atoms with Crippen LogP contribution in [-0.2, 0) is 0 Å². The summed E-state index contributed by atoms with van der Waals surface area (Å²) in [5.74, 6) is -7.09. The van der Waals surface area contributed by atoms with Gasteiger partial charge in [0.15, 0.2) is 23.3 Å². The van der Waals surface area contributed by atoms with E-state index < -0.39 is 35.1 Å². The molecule has 1 unspecified atom stereocenters. The number of halogens is 4. The Balaban J connectivity index is 1.79. The van der Waals surface area contributed by atoms with Gasteiger partial charge in [0.25, 0.3) is 0 Å². The van der Waals surface area contributed by atoms with E-state index in [0.717, 1.165) is 16.7 Å². The van der Waals surface area contributed by atoms with Crippen molar-refractivity contribution >= 4 is 0 Å². The monoisotopic (exact) mass is 354 g/mol. The van der Waals surface area contributed by atoms with Crippen molar-refractivity contribution in [3.05, 3.63) is 106 Å². The highest BCUT2D eigenvalue weighted by Gasteiger charge is 2.45. The largest absolute Gasteiger partial charge is 0.203 e. The predicted molar refractivity (Wildman–Crippen MR) is 91.5 cm³/mol. The van der Waals surface area contributed by atoms with Crippen LogP contribution in [0, 0.1) is 29.2 Å². The quantitative estimate of drug-likeness (QED) is 0.254. The van der Waals surface area contributed by atoms with E-state index in [1.807, 2.05) is 54.7 Å². The zero-order chi connectivity index (χ0) is 18.0. The van der Waals surface area contributed by atoms with Crippen LogP contribution in [0.4, 0.5) is 17.6 Å². The second kappa shape index (κ2) is 5.44. The molecule has 0 aromatic heterocycles. The maximum absolute atomic E-state index is 14.7. The Hall–Kier alpha value is -2.62. The highest BCUT2D eigenvalue weighted by atomic mass is 19.2. The Bertz CT molecular complexity index is 991. The third kappa shape index (κ3) is 1.96. The van der Waals surface area contributed by atoms with Crippen LogP contribution in [0.5, 0.6) is 0 Å². The van der Waals surface area contributed by atoms with Crippen molar-refractivity contribution in [2.24, 2.45) is 5.92 Å². The van der Waals surface area contributed by atoms with Crippen LogP contribution in [0.3, 0.4) is 0 Å². The second-order valence-corrected chi connectivity index (χ2v) is 6.98. The lowest BCUT2D eigenvalue weighted by molar-refractivity contribution is 0.385. The number of rotatable bonds is 1. The smallest absolute Gasteiger partial charge is 0.197 e. The van der Waals surface area contributed by atoms with Gasteiger partial charge < -0.3 is 0 Å². The maximum Gasteiger partial charge on any atom is 0.197 e. The first-order valence-corrected chi connectivity index (χ1v) is 8.58. The molecule has 2 bridgehead atoms. The molecule has 4 heteroatoms. The van der Waals surface area contributed by atoms with Gasteiger partial charge in [-0.3, -0.25) is 0 Å². The zero-order valence-corrected chi connectivity index (χ0v) is 13.6. The van der Waals surface area contributed by atoms with Gasteiger partial charge in [-0.2, -0.15) is 0 Å². The molecular weight excluding hydrogens is 340 g/mol. The molecule has 1 aromatic carbocycles. The van der Waals surface area contributed by atoms with Crippen LogP contribution in [0.15, 0.2) is 71.4 Å². The summed E-state index contributed by atoms with van der Waals surface area (Å²) >= 11 is 0. The minimum atomic E-state index is -1.73. The molecule has 1 aromatic rings. The standard InChI is InChI=1S/C22H14F4/c23-19-17-15-10-14(12-7-3-4-8-12)16(9-13(15)11-5-1-2-6-11)18(17)20(24)22(26)21(19)25/h1-9,11,15-16H,10H2/t15?,16-/m0/s1. The summed E-state index contributed by atoms with van der Waals surface area (Å²) < 4.78 is 57.2. The van der Waals surface area contributed by atoms with Gasteiger partial charge in [-0.15, -0.1) is 0 Å². The van der Waals surface area contributed by atoms with Gasteiger partial charge >= 0.3 is 0 Å². The summed E-state index contributed by atoms with van der Waals surface area (Å²) in [5, 5.41) is 0. The predicted octanol–water partition coefficient (Wildman–Crippen LogP) is 5.92. The number of fused-ring (bicyclic) bond motifs is 1. The molecule has 0 nitrogen and oxygen atoms in total. The van der Waals surface area contributed by atoms with Crippen molar-refractivity contribution in [2.75, 3.05) is 0 Å². The molecule has 5 aliphatic rings. The van der Waals surface area contributed by atoms with Gasteiger partial charge in [-0.05, 0) is 12.0 Å². The fourth-order valence-corrected chi connectivity index (χ4v) is 4.59. The summed E-state index contributed by atoms with van der Waals surface area (Å²) in [4.78, 5) is 0. The van der Waals surface area contributed by atoms with Crippen molar-refractivity contribution < 1.29 is 17.6 Å². The lowest BCUT2D eigenvalue weighted by Crippen LogP contribution is -2.30. The number of hydrogen-bond acceptors (Lipinski definition) is 0. The van der Waals surface area contributed by atoms with Gasteiger partial charge in [0.05, 0.1) is 0 Å². The van der Waals surface area contributed by atoms with Gasteiger partial charge in [0.1, 0.15) is 0 Å². The fraction of sp³-hybridized carbons (Fsp3) is 0.182. The molecular formula is C22H14F4. The van der Waals surface area contributed by atoms with Crippen molar-refractivity contribution in [3.8, 4) is 0 Å². The summed E-state index contributed by atoms with van der Waals surface area (Å²) in [6.07, 6.45) is 17.7. The SMILES string of the molecule is Fc1c(F)c(F)c2c(c1F)C1CC(=C3C=CC=C3)[C@@H]2C=C1C1C=CC=C1. The average molecular weight is 354 g/mol. The van der Waals surface area contributed by atoms with Gasteiger partial charge in [-0.1, -0.05) is 65.8 Å².